The van der Waals surface area contributed by atoms with Gasteiger partial charge < -0.3 is 4.74 Å². The van der Waals surface area contributed by atoms with Gasteiger partial charge in [-0.2, -0.15) is 0 Å². The van der Waals surface area contributed by atoms with Crippen LogP contribution >= 0.6 is 0 Å². The van der Waals surface area contributed by atoms with Gasteiger partial charge in [-0.1, -0.05) is 48.5 Å². The summed E-state index contributed by atoms with van der Waals surface area (Å²) < 4.78 is 5.73. The van der Waals surface area contributed by atoms with Crippen LogP contribution in [-0.2, 0) is 17.9 Å². The summed E-state index contributed by atoms with van der Waals surface area (Å²) in [4.78, 5) is 13.7. The third-order valence-corrected chi connectivity index (χ3v) is 2.52. The third kappa shape index (κ3) is 3.30. The van der Waals surface area contributed by atoms with E-state index >= 15 is 0 Å². The Labute approximate surface area is 106 Å². The molecule has 0 aliphatic rings. The zero-order chi connectivity index (χ0) is 12.6. The summed E-state index contributed by atoms with van der Waals surface area (Å²) in [6.07, 6.45) is 1.54. The van der Waals surface area contributed by atoms with Crippen LogP contribution in [0.2, 0.25) is 0 Å². The van der Waals surface area contributed by atoms with E-state index in [1.165, 1.54) is 6.08 Å². The molecule has 90 valence electrons. The van der Waals surface area contributed by atoms with Gasteiger partial charge in [0, 0.05) is 5.56 Å². The summed E-state index contributed by atoms with van der Waals surface area (Å²) in [5.74, 6) is 0.750. The van der Waals surface area contributed by atoms with Crippen molar-refractivity contribution in [2.75, 3.05) is 0 Å². The number of para-hydroxylation sites is 1. The number of ether oxygens (including phenoxy) is 1. The molecule has 0 amide bonds. The fraction of sp³-hybridized carbons (Fsp3) is 0.133. The molecule has 0 spiro atoms. The first-order chi connectivity index (χ1) is 8.90. The van der Waals surface area contributed by atoms with Crippen molar-refractivity contribution in [1.82, 2.24) is 0 Å². The Hall–Kier alpha value is -2.38. The van der Waals surface area contributed by atoms with Crippen molar-refractivity contribution in [3.63, 3.8) is 0 Å². The lowest BCUT2D eigenvalue weighted by atomic mass is 10.2. The lowest BCUT2D eigenvalue weighted by Crippen LogP contribution is -1.97. The monoisotopic (exact) mass is 239 g/mol. The van der Waals surface area contributed by atoms with Crippen molar-refractivity contribution >= 4 is 6.08 Å². The van der Waals surface area contributed by atoms with E-state index in [1.807, 2.05) is 54.6 Å². The van der Waals surface area contributed by atoms with Crippen LogP contribution in [0.4, 0.5) is 0 Å². The lowest BCUT2D eigenvalue weighted by molar-refractivity contribution is 0.303. The number of rotatable bonds is 5. The van der Waals surface area contributed by atoms with Gasteiger partial charge in [-0.05, 0) is 11.6 Å². The predicted octanol–water partition coefficient (Wildman–Crippen LogP) is 3.10. The Morgan fingerprint density at radius 2 is 1.72 bits per heavy atom. The van der Waals surface area contributed by atoms with E-state index in [1.54, 1.807) is 0 Å². The fourth-order valence-electron chi connectivity index (χ4n) is 1.63. The van der Waals surface area contributed by atoms with Gasteiger partial charge in [-0.25, -0.2) is 9.79 Å². The second-order valence-corrected chi connectivity index (χ2v) is 3.79. The molecule has 3 nitrogen and oxygen atoms in total. The molecule has 0 radical (unpaired) electrons. The minimum Gasteiger partial charge on any atom is -0.489 e. The number of hydrogen-bond acceptors (Lipinski definition) is 3. The molecule has 2 aromatic carbocycles. The highest BCUT2D eigenvalue weighted by atomic mass is 16.5. The van der Waals surface area contributed by atoms with Crippen molar-refractivity contribution in [2.45, 2.75) is 13.2 Å². The highest BCUT2D eigenvalue weighted by Gasteiger charge is 2.02. The molecule has 0 unspecified atom stereocenters. The second kappa shape index (κ2) is 6.38. The van der Waals surface area contributed by atoms with Crippen molar-refractivity contribution in [3.8, 4) is 5.75 Å². The molecule has 0 heterocycles. The number of isocyanates is 1. The Bertz CT molecular complexity index is 545. The van der Waals surface area contributed by atoms with Crippen molar-refractivity contribution in [1.29, 1.82) is 0 Å². The lowest BCUT2D eigenvalue weighted by Gasteiger charge is -2.09. The molecule has 0 aliphatic heterocycles. The number of nitrogens with zero attached hydrogens (tertiary/aromatic N) is 1. The maximum absolute atomic E-state index is 10.1. The normalized spacial score (nSPS) is 9.56. The van der Waals surface area contributed by atoms with Crippen LogP contribution in [0.25, 0.3) is 0 Å². The van der Waals surface area contributed by atoms with Crippen LogP contribution in [0.1, 0.15) is 11.1 Å². The third-order valence-electron chi connectivity index (χ3n) is 2.52. The van der Waals surface area contributed by atoms with Gasteiger partial charge in [0.25, 0.3) is 0 Å². The van der Waals surface area contributed by atoms with Crippen LogP contribution in [0, 0.1) is 0 Å². The van der Waals surface area contributed by atoms with E-state index in [-0.39, 0.29) is 0 Å². The molecule has 0 aromatic heterocycles. The number of carbonyl (C=O) groups excluding carboxylic acids is 1. The minimum absolute atomic E-state index is 0.300. The van der Waals surface area contributed by atoms with Gasteiger partial charge in [0.2, 0.25) is 6.08 Å². The Kier molecular flexibility index (Phi) is 4.28. The number of benzene rings is 2. The van der Waals surface area contributed by atoms with Crippen LogP contribution < -0.4 is 4.74 Å². The molecule has 0 saturated carbocycles. The van der Waals surface area contributed by atoms with E-state index in [9.17, 15) is 4.79 Å². The van der Waals surface area contributed by atoms with Gasteiger partial charge in [-0.15, -0.1) is 0 Å². The molecule has 18 heavy (non-hydrogen) atoms. The SMILES string of the molecule is O=C=NCc1ccccc1OCc1ccccc1. The zero-order valence-electron chi connectivity index (χ0n) is 9.87. The molecule has 0 bridgehead atoms. The first-order valence-corrected chi connectivity index (χ1v) is 5.68. The first kappa shape index (κ1) is 12.1. The first-order valence-electron chi connectivity index (χ1n) is 5.68. The summed E-state index contributed by atoms with van der Waals surface area (Å²) in [5.41, 5.74) is 1.99. The molecule has 0 saturated heterocycles. The second-order valence-electron chi connectivity index (χ2n) is 3.79. The average molecular weight is 239 g/mol. The van der Waals surface area contributed by atoms with E-state index in [0.29, 0.717) is 13.2 Å². The summed E-state index contributed by atoms with van der Waals surface area (Å²) >= 11 is 0. The number of hydrogen-bond donors (Lipinski definition) is 0. The van der Waals surface area contributed by atoms with Gasteiger partial charge in [0.15, 0.2) is 0 Å². The topological polar surface area (TPSA) is 38.7 Å². The summed E-state index contributed by atoms with van der Waals surface area (Å²) in [5, 5.41) is 0. The molecule has 3 heteroatoms. The van der Waals surface area contributed by atoms with Gasteiger partial charge >= 0.3 is 0 Å². The molecule has 0 N–H and O–H groups in total. The van der Waals surface area contributed by atoms with Crippen molar-refractivity contribution in [3.05, 3.63) is 65.7 Å². The van der Waals surface area contributed by atoms with E-state index in [2.05, 4.69) is 4.99 Å². The summed E-state index contributed by atoms with van der Waals surface area (Å²) in [6, 6.07) is 17.5. The molecule has 2 aromatic rings. The predicted molar refractivity (Wildman–Crippen MR) is 69.0 cm³/mol. The quantitative estimate of drug-likeness (QED) is 0.594. The standard InChI is InChI=1S/C15H13NO2/c17-12-16-10-14-8-4-5-9-15(14)18-11-13-6-2-1-3-7-13/h1-9H,10-11H2. The molecular weight excluding hydrogens is 226 g/mol. The van der Waals surface area contributed by atoms with Crippen LogP contribution in [-0.4, -0.2) is 6.08 Å². The maximum Gasteiger partial charge on any atom is 0.235 e. The Morgan fingerprint density at radius 1 is 1.00 bits per heavy atom. The van der Waals surface area contributed by atoms with Crippen molar-refractivity contribution in [2.24, 2.45) is 4.99 Å². The fourth-order valence-corrected chi connectivity index (χ4v) is 1.63. The molecular formula is C15H13NO2. The molecule has 2 rings (SSSR count). The Morgan fingerprint density at radius 3 is 2.50 bits per heavy atom. The Balaban J connectivity index is 2.07. The van der Waals surface area contributed by atoms with Crippen LogP contribution in [0.15, 0.2) is 59.6 Å². The van der Waals surface area contributed by atoms with Crippen LogP contribution in [0.5, 0.6) is 5.75 Å². The molecule has 0 atom stereocenters. The molecule has 0 fully saturated rings. The van der Waals surface area contributed by atoms with E-state index in [0.717, 1.165) is 16.9 Å². The highest BCUT2D eigenvalue weighted by molar-refractivity contribution is 5.37. The summed E-state index contributed by atoms with van der Waals surface area (Å²) in [6.45, 7) is 0.803. The van der Waals surface area contributed by atoms with Gasteiger partial charge in [0.1, 0.15) is 12.4 Å². The number of aliphatic imine (C=N–C) groups is 1. The smallest absolute Gasteiger partial charge is 0.235 e. The van der Waals surface area contributed by atoms with E-state index in [4.69, 9.17) is 4.74 Å². The van der Waals surface area contributed by atoms with Gasteiger partial charge in [0.05, 0.1) is 6.54 Å². The zero-order valence-corrected chi connectivity index (χ0v) is 9.87. The molecule has 0 aliphatic carbocycles. The largest absolute Gasteiger partial charge is 0.489 e. The minimum atomic E-state index is 0.300. The highest BCUT2D eigenvalue weighted by Crippen LogP contribution is 2.20. The van der Waals surface area contributed by atoms with Crippen LogP contribution in [0.3, 0.4) is 0 Å². The van der Waals surface area contributed by atoms with Gasteiger partial charge in [-0.3, -0.25) is 0 Å². The average Bonchev–Trinajstić information content (AvgIpc) is 2.45. The van der Waals surface area contributed by atoms with Crippen molar-refractivity contribution < 1.29 is 9.53 Å². The van der Waals surface area contributed by atoms with E-state index < -0.39 is 0 Å². The summed E-state index contributed by atoms with van der Waals surface area (Å²) in [7, 11) is 0. The maximum atomic E-state index is 10.1.